The maximum atomic E-state index is 5.69. The van der Waals surface area contributed by atoms with Crippen LogP contribution < -0.4 is 5.73 Å². The van der Waals surface area contributed by atoms with Gasteiger partial charge in [-0.2, -0.15) is 0 Å². The van der Waals surface area contributed by atoms with Crippen molar-refractivity contribution < 1.29 is 0 Å². The summed E-state index contributed by atoms with van der Waals surface area (Å²) in [5.74, 6) is 0.836. The van der Waals surface area contributed by atoms with Crippen molar-refractivity contribution in [3.05, 3.63) is 34.9 Å². The topological polar surface area (TPSA) is 32.5 Å². The van der Waals surface area contributed by atoms with Gasteiger partial charge in [-0.15, -0.1) is 0 Å². The van der Waals surface area contributed by atoms with Crippen molar-refractivity contribution >= 4 is 17.2 Å². The third kappa shape index (κ3) is 4.77. The number of likely N-dealkylation sites (tertiary alicyclic amines) is 1. The summed E-state index contributed by atoms with van der Waals surface area (Å²) in [7, 11) is 4.44. The minimum absolute atomic E-state index is 0.476. The van der Waals surface area contributed by atoms with E-state index in [0.717, 1.165) is 18.0 Å². The van der Waals surface area contributed by atoms with Crippen LogP contribution in [0.2, 0.25) is 0 Å². The first kappa shape index (κ1) is 16.4. The van der Waals surface area contributed by atoms with Crippen molar-refractivity contribution in [1.29, 1.82) is 0 Å². The van der Waals surface area contributed by atoms with Gasteiger partial charge in [-0.05, 0) is 70.1 Å². The monoisotopic (exact) mass is 305 g/mol. The number of piperidine rings is 1. The highest BCUT2D eigenvalue weighted by Gasteiger charge is 2.18. The van der Waals surface area contributed by atoms with Crippen LogP contribution in [0.5, 0.6) is 0 Å². The quantitative estimate of drug-likeness (QED) is 0.847. The van der Waals surface area contributed by atoms with Gasteiger partial charge in [-0.1, -0.05) is 24.4 Å². The second-order valence-electron chi connectivity index (χ2n) is 6.45. The first-order valence-electron chi connectivity index (χ1n) is 7.72. The Hall–Kier alpha value is -0.970. The Morgan fingerprint density at radius 2 is 2.05 bits per heavy atom. The third-order valence-electron chi connectivity index (χ3n) is 4.48. The largest absolute Gasteiger partial charge is 0.389 e. The zero-order valence-electron chi connectivity index (χ0n) is 13.4. The summed E-state index contributed by atoms with van der Waals surface area (Å²) in [6.07, 6.45) is 2.64. The first-order valence-corrected chi connectivity index (χ1v) is 8.13. The van der Waals surface area contributed by atoms with Crippen molar-refractivity contribution in [2.75, 3.05) is 33.7 Å². The number of hydrogen-bond donors (Lipinski definition) is 1. The number of nitrogens with zero attached hydrogens (tertiary/aromatic N) is 2. The summed E-state index contributed by atoms with van der Waals surface area (Å²) < 4.78 is 0. The maximum absolute atomic E-state index is 5.69. The predicted octanol–water partition coefficient (Wildman–Crippen LogP) is 2.40. The molecule has 0 spiro atoms. The molecule has 3 nitrogen and oxygen atoms in total. The van der Waals surface area contributed by atoms with Crippen LogP contribution in [0.25, 0.3) is 0 Å². The van der Waals surface area contributed by atoms with E-state index in [1.54, 1.807) is 0 Å². The fourth-order valence-corrected chi connectivity index (χ4v) is 3.19. The Kier molecular flexibility index (Phi) is 5.73. The molecule has 1 aromatic carbocycles. The number of rotatable bonds is 5. The maximum Gasteiger partial charge on any atom is 0.103 e. The molecule has 0 aromatic heterocycles. The fourth-order valence-electron chi connectivity index (χ4n) is 3.07. The van der Waals surface area contributed by atoms with Crippen molar-refractivity contribution in [3.63, 3.8) is 0 Å². The zero-order chi connectivity index (χ0) is 15.4. The van der Waals surface area contributed by atoms with E-state index < -0.39 is 0 Å². The molecule has 0 saturated carbocycles. The van der Waals surface area contributed by atoms with E-state index in [1.165, 1.54) is 43.6 Å². The highest BCUT2D eigenvalue weighted by Crippen LogP contribution is 2.19. The highest BCUT2D eigenvalue weighted by molar-refractivity contribution is 7.80. The average molecular weight is 305 g/mol. The lowest BCUT2D eigenvalue weighted by Crippen LogP contribution is -2.35. The van der Waals surface area contributed by atoms with Crippen molar-refractivity contribution in [2.24, 2.45) is 11.7 Å². The zero-order valence-corrected chi connectivity index (χ0v) is 14.2. The summed E-state index contributed by atoms with van der Waals surface area (Å²) in [6, 6.07) is 6.30. The van der Waals surface area contributed by atoms with Crippen molar-refractivity contribution in [2.45, 2.75) is 26.3 Å². The number of hydrogen-bond acceptors (Lipinski definition) is 3. The predicted molar refractivity (Wildman–Crippen MR) is 93.6 cm³/mol. The molecule has 1 aliphatic heterocycles. The lowest BCUT2D eigenvalue weighted by Gasteiger charge is -2.31. The molecular weight excluding hydrogens is 278 g/mol. The normalized spacial score (nSPS) is 17.3. The van der Waals surface area contributed by atoms with Crippen molar-refractivity contribution in [1.82, 2.24) is 9.80 Å². The van der Waals surface area contributed by atoms with Gasteiger partial charge in [0.1, 0.15) is 4.99 Å². The molecule has 1 aromatic rings. The summed E-state index contributed by atoms with van der Waals surface area (Å²) in [6.45, 7) is 6.79. The molecule has 21 heavy (non-hydrogen) atoms. The Labute approximate surface area is 134 Å². The van der Waals surface area contributed by atoms with Gasteiger partial charge >= 0.3 is 0 Å². The average Bonchev–Trinajstić information content (AvgIpc) is 2.43. The van der Waals surface area contributed by atoms with Crippen LogP contribution >= 0.6 is 12.2 Å². The van der Waals surface area contributed by atoms with E-state index in [1.807, 2.05) is 6.07 Å². The van der Waals surface area contributed by atoms with Crippen LogP contribution in [0.4, 0.5) is 0 Å². The minimum atomic E-state index is 0.476. The molecular formula is C17H27N3S. The molecule has 1 saturated heterocycles. The third-order valence-corrected chi connectivity index (χ3v) is 4.71. The highest BCUT2D eigenvalue weighted by atomic mass is 32.1. The SMILES string of the molecule is Cc1cc(C(N)=S)ccc1CN(C)CC1CCN(C)CC1. The summed E-state index contributed by atoms with van der Waals surface area (Å²) in [5.41, 5.74) is 9.29. The Morgan fingerprint density at radius 3 is 2.62 bits per heavy atom. The second kappa shape index (κ2) is 7.34. The molecule has 1 heterocycles. The summed E-state index contributed by atoms with van der Waals surface area (Å²) in [5, 5.41) is 0. The van der Waals surface area contributed by atoms with E-state index >= 15 is 0 Å². The van der Waals surface area contributed by atoms with Gasteiger partial charge in [0.15, 0.2) is 0 Å². The van der Waals surface area contributed by atoms with Gasteiger partial charge in [0, 0.05) is 18.7 Å². The van der Waals surface area contributed by atoms with Crippen LogP contribution in [0.3, 0.4) is 0 Å². The van der Waals surface area contributed by atoms with Crippen LogP contribution in [0.1, 0.15) is 29.5 Å². The van der Waals surface area contributed by atoms with Crippen LogP contribution in [-0.2, 0) is 6.54 Å². The van der Waals surface area contributed by atoms with Gasteiger partial charge in [-0.3, -0.25) is 0 Å². The number of thiocarbonyl (C=S) groups is 1. The van der Waals surface area contributed by atoms with Crippen molar-refractivity contribution in [3.8, 4) is 0 Å². The van der Waals surface area contributed by atoms with Crippen LogP contribution in [-0.4, -0.2) is 48.5 Å². The molecule has 1 aliphatic rings. The molecule has 2 N–H and O–H groups in total. The molecule has 2 rings (SSSR count). The molecule has 116 valence electrons. The van der Waals surface area contributed by atoms with Gasteiger partial charge in [-0.25, -0.2) is 0 Å². The smallest absolute Gasteiger partial charge is 0.103 e. The van der Waals surface area contributed by atoms with Crippen LogP contribution in [0, 0.1) is 12.8 Å². The molecule has 0 amide bonds. The molecule has 4 heteroatoms. The number of benzene rings is 1. The van der Waals surface area contributed by atoms with Crippen LogP contribution in [0.15, 0.2) is 18.2 Å². The van der Waals surface area contributed by atoms with E-state index in [9.17, 15) is 0 Å². The van der Waals surface area contributed by atoms with Gasteiger partial charge in [0.2, 0.25) is 0 Å². The Balaban J connectivity index is 1.90. The summed E-state index contributed by atoms with van der Waals surface area (Å²) in [4.78, 5) is 5.35. The lowest BCUT2D eigenvalue weighted by atomic mass is 9.96. The molecule has 0 aliphatic carbocycles. The molecule has 0 radical (unpaired) electrons. The number of aryl methyl sites for hydroxylation is 1. The fraction of sp³-hybridized carbons (Fsp3) is 0.588. The van der Waals surface area contributed by atoms with E-state index in [4.69, 9.17) is 18.0 Å². The molecule has 0 unspecified atom stereocenters. The van der Waals surface area contributed by atoms with Gasteiger partial charge < -0.3 is 15.5 Å². The van der Waals surface area contributed by atoms with E-state index in [2.05, 4.69) is 43.0 Å². The molecule has 0 atom stereocenters. The summed E-state index contributed by atoms with van der Waals surface area (Å²) >= 11 is 5.03. The Bertz CT molecular complexity index is 493. The second-order valence-corrected chi connectivity index (χ2v) is 6.89. The Morgan fingerprint density at radius 1 is 1.38 bits per heavy atom. The van der Waals surface area contributed by atoms with Gasteiger partial charge in [0.05, 0.1) is 0 Å². The minimum Gasteiger partial charge on any atom is -0.389 e. The molecule has 1 fully saturated rings. The van der Waals surface area contributed by atoms with E-state index in [-0.39, 0.29) is 0 Å². The number of nitrogens with two attached hydrogens (primary N) is 1. The van der Waals surface area contributed by atoms with Gasteiger partial charge in [0.25, 0.3) is 0 Å². The van der Waals surface area contributed by atoms with E-state index in [0.29, 0.717) is 4.99 Å². The molecule has 0 bridgehead atoms. The lowest BCUT2D eigenvalue weighted by molar-refractivity contribution is 0.173. The standard InChI is InChI=1S/C17H27N3S/c1-13-10-15(17(18)21)4-5-16(13)12-20(3)11-14-6-8-19(2)9-7-14/h4-5,10,14H,6-9,11-12H2,1-3H3,(H2,18,21). The first-order chi connectivity index (χ1) is 9.95.